The Morgan fingerprint density at radius 1 is 1.04 bits per heavy atom. The van der Waals surface area contributed by atoms with Crippen LogP contribution in [-0.4, -0.2) is 22.4 Å². The molecule has 0 unspecified atom stereocenters. The number of hydrogen-bond acceptors (Lipinski definition) is 3. The van der Waals surface area contributed by atoms with Crippen molar-refractivity contribution in [1.82, 2.24) is 9.78 Å². The Bertz CT molecular complexity index is 836. The molecule has 0 fully saturated rings. The quantitative estimate of drug-likeness (QED) is 0.527. The average molecular weight is 318 g/mol. The van der Waals surface area contributed by atoms with Gasteiger partial charge in [0.25, 0.3) is 0 Å². The summed E-state index contributed by atoms with van der Waals surface area (Å²) < 4.78 is 6.75. The predicted octanol–water partition coefficient (Wildman–Crippen LogP) is 4.00. The van der Waals surface area contributed by atoms with E-state index in [1.165, 1.54) is 6.08 Å². The minimum absolute atomic E-state index is 0.339. The molecule has 0 saturated heterocycles. The summed E-state index contributed by atoms with van der Waals surface area (Å²) in [7, 11) is 0. The summed E-state index contributed by atoms with van der Waals surface area (Å²) >= 11 is 0. The molecule has 1 heterocycles. The number of ether oxygens (including phenoxy) is 1. The lowest BCUT2D eigenvalue weighted by atomic mass is 10.1. The van der Waals surface area contributed by atoms with Crippen LogP contribution >= 0.6 is 0 Å². The lowest BCUT2D eigenvalue weighted by molar-refractivity contribution is -0.137. The molecule has 0 spiro atoms. The van der Waals surface area contributed by atoms with Crippen LogP contribution in [0.5, 0.6) is 0 Å². The van der Waals surface area contributed by atoms with Crippen molar-refractivity contribution < 1.29 is 9.53 Å². The highest BCUT2D eigenvalue weighted by atomic mass is 16.5. The molecule has 0 aliphatic carbocycles. The van der Waals surface area contributed by atoms with E-state index < -0.39 is 0 Å². The zero-order chi connectivity index (χ0) is 16.8. The van der Waals surface area contributed by atoms with Crippen molar-refractivity contribution in [3.8, 4) is 11.3 Å². The third-order valence-corrected chi connectivity index (χ3v) is 3.52. The van der Waals surface area contributed by atoms with Gasteiger partial charge in [-0.2, -0.15) is 5.10 Å². The number of nitrogens with zero attached hydrogens (tertiary/aromatic N) is 2. The molecule has 0 amide bonds. The van der Waals surface area contributed by atoms with Gasteiger partial charge in [-0.15, -0.1) is 0 Å². The Hall–Kier alpha value is -3.14. The zero-order valence-corrected chi connectivity index (χ0v) is 13.4. The molecule has 0 aliphatic rings. The first kappa shape index (κ1) is 15.7. The van der Waals surface area contributed by atoms with Gasteiger partial charge >= 0.3 is 5.97 Å². The molecule has 0 aliphatic heterocycles. The number of aromatic nitrogens is 2. The van der Waals surface area contributed by atoms with Crippen molar-refractivity contribution in [2.75, 3.05) is 6.61 Å². The zero-order valence-electron chi connectivity index (χ0n) is 13.4. The number of esters is 1. The number of benzene rings is 2. The standard InChI is InChI=1S/C20H18N2O2/c1-2-24-20(23)15-19(17-11-7-4-8-12-17)22-14-13-18(21-22)16-9-5-3-6-10-16/h3-15H,2H2,1H3/b19-15-. The van der Waals surface area contributed by atoms with E-state index in [1.807, 2.05) is 72.9 Å². The van der Waals surface area contributed by atoms with Crippen LogP contribution in [0.15, 0.2) is 79.0 Å². The highest BCUT2D eigenvalue weighted by molar-refractivity contribution is 5.91. The summed E-state index contributed by atoms with van der Waals surface area (Å²) in [5, 5.41) is 4.61. The van der Waals surface area contributed by atoms with Gasteiger partial charge in [0.2, 0.25) is 0 Å². The van der Waals surface area contributed by atoms with E-state index in [0.29, 0.717) is 12.3 Å². The summed E-state index contributed by atoms with van der Waals surface area (Å²) in [6.45, 7) is 2.13. The Morgan fingerprint density at radius 2 is 1.71 bits per heavy atom. The van der Waals surface area contributed by atoms with Crippen molar-refractivity contribution in [3.05, 3.63) is 84.6 Å². The van der Waals surface area contributed by atoms with E-state index in [2.05, 4.69) is 5.10 Å². The summed E-state index contributed by atoms with van der Waals surface area (Å²) in [6.07, 6.45) is 3.32. The van der Waals surface area contributed by atoms with Gasteiger partial charge in [-0.3, -0.25) is 0 Å². The molecule has 2 aromatic carbocycles. The Labute approximate surface area is 141 Å². The molecule has 4 heteroatoms. The number of rotatable bonds is 5. The van der Waals surface area contributed by atoms with E-state index in [1.54, 1.807) is 11.6 Å². The molecule has 120 valence electrons. The fourth-order valence-electron chi connectivity index (χ4n) is 2.41. The van der Waals surface area contributed by atoms with Crippen molar-refractivity contribution >= 4 is 11.7 Å². The van der Waals surface area contributed by atoms with Crippen molar-refractivity contribution in [2.24, 2.45) is 0 Å². The minimum Gasteiger partial charge on any atom is -0.463 e. The topological polar surface area (TPSA) is 44.1 Å². The second kappa shape index (κ2) is 7.42. The highest BCUT2D eigenvalue weighted by Crippen LogP contribution is 2.21. The summed E-state index contributed by atoms with van der Waals surface area (Å²) in [5.74, 6) is -0.381. The fraction of sp³-hybridized carbons (Fsp3) is 0.100. The fourth-order valence-corrected chi connectivity index (χ4v) is 2.41. The molecule has 0 N–H and O–H groups in total. The molecular formula is C20H18N2O2. The van der Waals surface area contributed by atoms with E-state index >= 15 is 0 Å². The van der Waals surface area contributed by atoms with Gasteiger partial charge in [-0.05, 0) is 13.0 Å². The van der Waals surface area contributed by atoms with E-state index in [9.17, 15) is 4.79 Å². The van der Waals surface area contributed by atoms with Gasteiger partial charge in [0.15, 0.2) is 0 Å². The van der Waals surface area contributed by atoms with Gasteiger partial charge in [-0.1, -0.05) is 60.7 Å². The maximum Gasteiger partial charge on any atom is 0.332 e. The van der Waals surface area contributed by atoms with E-state index in [-0.39, 0.29) is 5.97 Å². The van der Waals surface area contributed by atoms with Gasteiger partial charge < -0.3 is 4.74 Å². The van der Waals surface area contributed by atoms with E-state index in [4.69, 9.17) is 4.74 Å². The van der Waals surface area contributed by atoms with Crippen molar-refractivity contribution in [3.63, 3.8) is 0 Å². The Kier molecular flexibility index (Phi) is 4.87. The molecule has 1 aromatic heterocycles. The lowest BCUT2D eigenvalue weighted by Crippen LogP contribution is -2.06. The first-order chi connectivity index (χ1) is 11.8. The first-order valence-electron chi connectivity index (χ1n) is 7.83. The van der Waals surface area contributed by atoms with Crippen LogP contribution in [0.25, 0.3) is 17.0 Å². The Balaban J connectivity index is 2.01. The second-order valence-corrected chi connectivity index (χ2v) is 5.16. The molecule has 0 atom stereocenters. The van der Waals surface area contributed by atoms with Gasteiger partial charge in [0, 0.05) is 23.4 Å². The van der Waals surface area contributed by atoms with Crippen molar-refractivity contribution in [1.29, 1.82) is 0 Å². The third-order valence-electron chi connectivity index (χ3n) is 3.52. The molecule has 0 bridgehead atoms. The van der Waals surface area contributed by atoms with Gasteiger partial charge in [0.05, 0.1) is 18.0 Å². The monoisotopic (exact) mass is 318 g/mol. The second-order valence-electron chi connectivity index (χ2n) is 5.16. The first-order valence-corrected chi connectivity index (χ1v) is 7.83. The summed E-state index contributed by atoms with van der Waals surface area (Å²) in [6, 6.07) is 21.5. The van der Waals surface area contributed by atoms with Crippen molar-refractivity contribution in [2.45, 2.75) is 6.92 Å². The molecule has 3 rings (SSSR count). The summed E-state index contributed by atoms with van der Waals surface area (Å²) in [4.78, 5) is 11.9. The number of carbonyl (C=O) groups is 1. The van der Waals surface area contributed by atoms with Crippen LogP contribution in [-0.2, 0) is 9.53 Å². The van der Waals surface area contributed by atoms with Gasteiger partial charge in [0.1, 0.15) is 0 Å². The van der Waals surface area contributed by atoms with Crippen LogP contribution < -0.4 is 0 Å². The van der Waals surface area contributed by atoms with Crippen LogP contribution in [0.4, 0.5) is 0 Å². The minimum atomic E-state index is -0.381. The van der Waals surface area contributed by atoms with Crippen LogP contribution in [0.2, 0.25) is 0 Å². The van der Waals surface area contributed by atoms with Crippen LogP contribution in [0.1, 0.15) is 12.5 Å². The highest BCUT2D eigenvalue weighted by Gasteiger charge is 2.10. The molecular weight excluding hydrogens is 300 g/mol. The average Bonchev–Trinajstić information content (AvgIpc) is 3.11. The van der Waals surface area contributed by atoms with Gasteiger partial charge in [-0.25, -0.2) is 9.48 Å². The van der Waals surface area contributed by atoms with Crippen LogP contribution in [0.3, 0.4) is 0 Å². The molecule has 3 aromatic rings. The molecule has 4 nitrogen and oxygen atoms in total. The maximum absolute atomic E-state index is 11.9. The smallest absolute Gasteiger partial charge is 0.332 e. The van der Waals surface area contributed by atoms with Crippen LogP contribution in [0, 0.1) is 0 Å². The predicted molar refractivity (Wildman–Crippen MR) is 94.1 cm³/mol. The van der Waals surface area contributed by atoms with E-state index in [0.717, 1.165) is 16.8 Å². The lowest BCUT2D eigenvalue weighted by Gasteiger charge is -2.08. The molecule has 0 radical (unpaired) electrons. The number of hydrogen-bond donors (Lipinski definition) is 0. The summed E-state index contributed by atoms with van der Waals surface area (Å²) in [5.41, 5.74) is 3.45. The SMILES string of the molecule is CCOC(=O)/C=C(/c1ccccc1)n1ccc(-c2ccccc2)n1. The third kappa shape index (κ3) is 3.60. The largest absolute Gasteiger partial charge is 0.463 e. The normalized spacial score (nSPS) is 11.3. The maximum atomic E-state index is 11.9. The molecule has 24 heavy (non-hydrogen) atoms. The molecule has 0 saturated carbocycles. The Morgan fingerprint density at radius 3 is 2.38 bits per heavy atom. The number of carbonyl (C=O) groups excluding carboxylic acids is 1.